The monoisotopic (exact) mass is 214 g/mol. The molecule has 2 heterocycles. The molecule has 2 aliphatic heterocycles. The summed E-state index contributed by atoms with van der Waals surface area (Å²) >= 11 is 0. The highest BCUT2D eigenvalue weighted by atomic mass is 16.6. The maximum atomic E-state index is 11.3. The van der Waals surface area contributed by atoms with Crippen molar-refractivity contribution in [3.63, 3.8) is 0 Å². The molecule has 2 aliphatic rings. The van der Waals surface area contributed by atoms with E-state index >= 15 is 0 Å². The average Bonchev–Trinajstić information content (AvgIpc) is 2.86. The summed E-state index contributed by atoms with van der Waals surface area (Å²) in [6.45, 7) is 3.60. The highest BCUT2D eigenvalue weighted by Gasteiger charge is 2.30. The number of nitrogens with one attached hydrogen (secondary N) is 1. The highest BCUT2D eigenvalue weighted by Crippen LogP contribution is 2.18. The van der Waals surface area contributed by atoms with E-state index in [1.807, 2.05) is 7.05 Å². The van der Waals surface area contributed by atoms with Gasteiger partial charge in [0.1, 0.15) is 6.61 Å². The van der Waals surface area contributed by atoms with Gasteiger partial charge in [-0.1, -0.05) is 0 Å². The standard InChI is InChI=1S/C10H18N2O3/c1-11-9(8-2-4-14-7-8)6-12-3-5-15-10(12)13/h8-9,11H,2-7H2,1H3. The third-order valence-electron chi connectivity index (χ3n) is 3.17. The Morgan fingerprint density at radius 3 is 3.00 bits per heavy atom. The van der Waals surface area contributed by atoms with Crippen molar-refractivity contribution < 1.29 is 14.3 Å². The lowest BCUT2D eigenvalue weighted by Gasteiger charge is -2.25. The van der Waals surface area contributed by atoms with E-state index in [4.69, 9.17) is 9.47 Å². The van der Waals surface area contributed by atoms with Gasteiger partial charge in [0.15, 0.2) is 0 Å². The number of carbonyl (C=O) groups is 1. The van der Waals surface area contributed by atoms with E-state index in [1.54, 1.807) is 4.90 Å². The molecule has 0 aliphatic carbocycles. The fraction of sp³-hybridized carbons (Fsp3) is 0.900. The van der Waals surface area contributed by atoms with E-state index in [0.717, 1.165) is 26.2 Å². The number of cyclic esters (lactones) is 1. The third kappa shape index (κ3) is 2.41. The van der Waals surface area contributed by atoms with Crippen molar-refractivity contribution in [1.82, 2.24) is 10.2 Å². The van der Waals surface area contributed by atoms with E-state index in [-0.39, 0.29) is 6.09 Å². The van der Waals surface area contributed by atoms with Crippen LogP contribution in [0.5, 0.6) is 0 Å². The Kier molecular flexibility index (Phi) is 3.43. The largest absolute Gasteiger partial charge is 0.448 e. The lowest BCUT2D eigenvalue weighted by Crippen LogP contribution is -2.44. The van der Waals surface area contributed by atoms with E-state index < -0.39 is 0 Å². The van der Waals surface area contributed by atoms with Crippen molar-refractivity contribution in [3.05, 3.63) is 0 Å². The molecule has 0 aromatic rings. The molecule has 2 rings (SSSR count). The predicted molar refractivity (Wildman–Crippen MR) is 54.7 cm³/mol. The second-order valence-electron chi connectivity index (χ2n) is 4.08. The minimum absolute atomic E-state index is 0.186. The Morgan fingerprint density at radius 2 is 2.47 bits per heavy atom. The Bertz CT molecular complexity index is 229. The van der Waals surface area contributed by atoms with Crippen molar-refractivity contribution in [3.8, 4) is 0 Å². The number of hydrogen-bond donors (Lipinski definition) is 1. The summed E-state index contributed by atoms with van der Waals surface area (Å²) in [6, 6.07) is 0.318. The molecular formula is C10H18N2O3. The average molecular weight is 214 g/mol. The molecule has 2 fully saturated rings. The Balaban J connectivity index is 1.86. The van der Waals surface area contributed by atoms with Gasteiger partial charge < -0.3 is 19.7 Å². The lowest BCUT2D eigenvalue weighted by molar-refractivity contribution is 0.147. The van der Waals surface area contributed by atoms with E-state index in [9.17, 15) is 4.79 Å². The molecule has 0 aromatic carbocycles. The zero-order valence-corrected chi connectivity index (χ0v) is 9.07. The topological polar surface area (TPSA) is 50.8 Å². The van der Waals surface area contributed by atoms with Gasteiger partial charge in [0.2, 0.25) is 0 Å². The molecule has 5 nitrogen and oxygen atoms in total. The molecule has 1 amide bonds. The maximum absolute atomic E-state index is 11.3. The molecule has 1 N–H and O–H groups in total. The van der Waals surface area contributed by atoms with Crippen LogP contribution in [-0.4, -0.2) is 57.0 Å². The summed E-state index contributed by atoms with van der Waals surface area (Å²) in [4.78, 5) is 13.0. The molecule has 15 heavy (non-hydrogen) atoms. The SMILES string of the molecule is CNC(CN1CCOC1=O)C1CCOC1. The second-order valence-corrected chi connectivity index (χ2v) is 4.08. The predicted octanol–water partition coefficient (Wildman–Crippen LogP) is 0.0631. The molecule has 2 saturated heterocycles. The Morgan fingerprint density at radius 1 is 1.60 bits per heavy atom. The van der Waals surface area contributed by atoms with Crippen LogP contribution in [0.3, 0.4) is 0 Å². The van der Waals surface area contributed by atoms with Gasteiger partial charge in [-0.05, 0) is 13.5 Å². The summed E-state index contributed by atoms with van der Waals surface area (Å²) in [7, 11) is 1.93. The fourth-order valence-corrected chi connectivity index (χ4v) is 2.18. The van der Waals surface area contributed by atoms with Crippen LogP contribution in [0.25, 0.3) is 0 Å². The first kappa shape index (κ1) is 10.7. The normalized spacial score (nSPS) is 28.2. The van der Waals surface area contributed by atoms with Crippen molar-refractivity contribution >= 4 is 6.09 Å². The molecule has 0 spiro atoms. The third-order valence-corrected chi connectivity index (χ3v) is 3.17. The molecule has 0 radical (unpaired) electrons. The molecular weight excluding hydrogens is 196 g/mol. The zero-order valence-electron chi connectivity index (χ0n) is 9.07. The smallest absolute Gasteiger partial charge is 0.409 e. The number of hydrogen-bond acceptors (Lipinski definition) is 4. The van der Waals surface area contributed by atoms with Crippen LogP contribution in [-0.2, 0) is 9.47 Å². The van der Waals surface area contributed by atoms with E-state index in [2.05, 4.69) is 5.32 Å². The quantitative estimate of drug-likeness (QED) is 0.719. The van der Waals surface area contributed by atoms with Gasteiger partial charge in [-0.15, -0.1) is 0 Å². The van der Waals surface area contributed by atoms with E-state index in [0.29, 0.717) is 25.1 Å². The van der Waals surface area contributed by atoms with Crippen LogP contribution in [0.4, 0.5) is 4.79 Å². The van der Waals surface area contributed by atoms with Gasteiger partial charge in [-0.2, -0.15) is 0 Å². The minimum atomic E-state index is -0.186. The van der Waals surface area contributed by atoms with Gasteiger partial charge in [0.05, 0.1) is 13.2 Å². The van der Waals surface area contributed by atoms with E-state index in [1.165, 1.54) is 0 Å². The number of rotatable bonds is 4. The highest BCUT2D eigenvalue weighted by molar-refractivity contribution is 5.69. The van der Waals surface area contributed by atoms with Crippen molar-refractivity contribution in [2.45, 2.75) is 12.5 Å². The van der Waals surface area contributed by atoms with Crippen molar-refractivity contribution in [2.24, 2.45) is 5.92 Å². The van der Waals surface area contributed by atoms with Gasteiger partial charge >= 0.3 is 6.09 Å². The summed E-state index contributed by atoms with van der Waals surface area (Å²) in [5, 5.41) is 3.26. The first-order valence-corrected chi connectivity index (χ1v) is 5.48. The second kappa shape index (κ2) is 4.81. The Labute approximate surface area is 89.7 Å². The van der Waals surface area contributed by atoms with Gasteiger partial charge in [-0.25, -0.2) is 4.79 Å². The summed E-state index contributed by atoms with van der Waals surface area (Å²) in [5.74, 6) is 0.517. The number of ether oxygens (including phenoxy) is 2. The van der Waals surface area contributed by atoms with Gasteiger partial charge in [-0.3, -0.25) is 0 Å². The van der Waals surface area contributed by atoms with Crippen LogP contribution >= 0.6 is 0 Å². The summed E-state index contributed by atoms with van der Waals surface area (Å²) in [5.41, 5.74) is 0. The Hall–Kier alpha value is -0.810. The first-order chi connectivity index (χ1) is 7.31. The van der Waals surface area contributed by atoms with Crippen LogP contribution in [0.15, 0.2) is 0 Å². The lowest BCUT2D eigenvalue weighted by atomic mass is 9.99. The molecule has 2 unspecified atom stereocenters. The molecule has 0 saturated carbocycles. The summed E-state index contributed by atoms with van der Waals surface area (Å²) in [6.07, 6.45) is 0.892. The zero-order chi connectivity index (χ0) is 10.7. The molecule has 0 bridgehead atoms. The van der Waals surface area contributed by atoms with Crippen molar-refractivity contribution in [1.29, 1.82) is 0 Å². The fourth-order valence-electron chi connectivity index (χ4n) is 2.18. The minimum Gasteiger partial charge on any atom is -0.448 e. The molecule has 86 valence electrons. The first-order valence-electron chi connectivity index (χ1n) is 5.48. The van der Waals surface area contributed by atoms with Crippen LogP contribution < -0.4 is 5.32 Å². The molecule has 5 heteroatoms. The van der Waals surface area contributed by atoms with Crippen molar-refractivity contribution in [2.75, 3.05) is 40.0 Å². The van der Waals surface area contributed by atoms with Gasteiger partial charge in [0.25, 0.3) is 0 Å². The number of carbonyl (C=O) groups excluding carboxylic acids is 1. The van der Waals surface area contributed by atoms with Crippen LogP contribution in [0.1, 0.15) is 6.42 Å². The maximum Gasteiger partial charge on any atom is 0.409 e. The summed E-state index contributed by atoms with van der Waals surface area (Å²) < 4.78 is 10.3. The number of likely N-dealkylation sites (N-methyl/N-ethyl adjacent to an activating group) is 1. The van der Waals surface area contributed by atoms with Crippen LogP contribution in [0.2, 0.25) is 0 Å². The van der Waals surface area contributed by atoms with Gasteiger partial charge in [0, 0.05) is 25.1 Å². The molecule has 2 atom stereocenters. The number of nitrogens with zero attached hydrogens (tertiary/aromatic N) is 1. The van der Waals surface area contributed by atoms with Crippen LogP contribution in [0, 0.1) is 5.92 Å². The number of amides is 1. The molecule has 0 aromatic heterocycles.